The van der Waals surface area contributed by atoms with Crippen molar-refractivity contribution in [2.24, 2.45) is 11.8 Å². The van der Waals surface area contributed by atoms with E-state index in [-0.39, 0.29) is 18.5 Å². The summed E-state index contributed by atoms with van der Waals surface area (Å²) in [6.45, 7) is 3.11. The third kappa shape index (κ3) is 3.27. The molecule has 19 heavy (non-hydrogen) atoms. The number of nitrogens with one attached hydrogen (secondary N) is 1. The number of hydrogen-bond acceptors (Lipinski definition) is 3. The minimum atomic E-state index is -0.835. The first-order valence-electron chi connectivity index (χ1n) is 6.36. The van der Waals surface area contributed by atoms with E-state index in [1.54, 1.807) is 17.2 Å². The lowest BCUT2D eigenvalue weighted by Crippen LogP contribution is -2.39. The van der Waals surface area contributed by atoms with Crippen LogP contribution in [0.25, 0.3) is 0 Å². The molecule has 6 nitrogen and oxygen atoms in total. The number of carboxylic acid groups (broad SMARTS) is 1. The third-order valence-electron chi connectivity index (χ3n) is 3.44. The Bertz CT molecular complexity index is 444. The van der Waals surface area contributed by atoms with Crippen molar-refractivity contribution in [1.82, 2.24) is 10.2 Å². The normalized spacial score (nSPS) is 22.5. The van der Waals surface area contributed by atoms with Crippen molar-refractivity contribution in [3.05, 3.63) is 24.2 Å². The van der Waals surface area contributed by atoms with Crippen molar-refractivity contribution in [3.8, 4) is 0 Å². The number of aliphatic carboxylic acids is 1. The van der Waals surface area contributed by atoms with Gasteiger partial charge in [0, 0.05) is 26.1 Å². The molecule has 2 atom stereocenters. The Kier molecular flexibility index (Phi) is 4.09. The van der Waals surface area contributed by atoms with Gasteiger partial charge in [-0.05, 0) is 18.1 Å². The lowest BCUT2D eigenvalue weighted by atomic mass is 9.99. The van der Waals surface area contributed by atoms with Crippen LogP contribution in [0.2, 0.25) is 0 Å². The number of urea groups is 1. The van der Waals surface area contributed by atoms with E-state index in [4.69, 9.17) is 9.52 Å². The lowest BCUT2D eigenvalue weighted by Gasteiger charge is -2.16. The van der Waals surface area contributed by atoms with Crippen LogP contribution >= 0.6 is 0 Å². The minimum absolute atomic E-state index is 0.00618. The fourth-order valence-electron chi connectivity index (χ4n) is 2.31. The summed E-state index contributed by atoms with van der Waals surface area (Å²) in [6.07, 6.45) is 2.22. The minimum Gasteiger partial charge on any atom is -0.481 e. The summed E-state index contributed by atoms with van der Waals surface area (Å²) in [6, 6.07) is 3.45. The van der Waals surface area contributed by atoms with Crippen LogP contribution in [0.3, 0.4) is 0 Å². The van der Waals surface area contributed by atoms with Crippen molar-refractivity contribution in [3.63, 3.8) is 0 Å². The first-order chi connectivity index (χ1) is 9.08. The summed E-state index contributed by atoms with van der Waals surface area (Å²) in [5, 5.41) is 11.8. The Hall–Kier alpha value is -1.98. The molecule has 6 heteroatoms. The van der Waals surface area contributed by atoms with Crippen LogP contribution in [0.4, 0.5) is 4.79 Å². The summed E-state index contributed by atoms with van der Waals surface area (Å²) in [4.78, 5) is 24.4. The Morgan fingerprint density at radius 1 is 1.53 bits per heavy atom. The van der Waals surface area contributed by atoms with Gasteiger partial charge in [-0.2, -0.15) is 0 Å². The number of hydrogen-bond donors (Lipinski definition) is 2. The quantitative estimate of drug-likeness (QED) is 0.857. The summed E-state index contributed by atoms with van der Waals surface area (Å²) < 4.78 is 5.16. The highest BCUT2D eigenvalue weighted by atomic mass is 16.4. The number of likely N-dealkylation sites (tertiary alicyclic amines) is 1. The molecule has 2 heterocycles. The monoisotopic (exact) mass is 266 g/mol. The molecule has 1 aromatic rings. The smallest absolute Gasteiger partial charge is 0.317 e. The second-order valence-electron chi connectivity index (χ2n) is 4.89. The molecule has 1 saturated heterocycles. The number of carboxylic acids is 1. The van der Waals surface area contributed by atoms with Gasteiger partial charge >= 0.3 is 12.0 Å². The molecule has 0 saturated carbocycles. The van der Waals surface area contributed by atoms with Gasteiger partial charge in [0.15, 0.2) is 0 Å². The molecule has 0 unspecified atom stereocenters. The molecule has 0 spiro atoms. The average Bonchev–Trinajstić information content (AvgIpc) is 2.98. The average molecular weight is 266 g/mol. The number of nitrogens with zero attached hydrogens (tertiary/aromatic N) is 1. The number of furan rings is 1. The van der Waals surface area contributed by atoms with E-state index >= 15 is 0 Å². The van der Waals surface area contributed by atoms with Crippen molar-refractivity contribution in [1.29, 1.82) is 0 Å². The predicted molar refractivity (Wildman–Crippen MR) is 67.7 cm³/mol. The van der Waals surface area contributed by atoms with E-state index in [0.717, 1.165) is 5.76 Å². The largest absolute Gasteiger partial charge is 0.481 e. The number of carbonyl (C=O) groups is 2. The SMILES string of the molecule is C[C@@H]1CN(C(=O)NCCc2ccco2)C[C@H]1C(=O)O. The molecule has 1 aromatic heterocycles. The van der Waals surface area contributed by atoms with E-state index < -0.39 is 11.9 Å². The maximum atomic E-state index is 11.9. The lowest BCUT2D eigenvalue weighted by molar-refractivity contribution is -0.142. The second-order valence-corrected chi connectivity index (χ2v) is 4.89. The molecule has 2 amide bonds. The highest BCUT2D eigenvalue weighted by molar-refractivity contribution is 5.77. The second kappa shape index (κ2) is 5.77. The molecular weight excluding hydrogens is 248 g/mol. The van der Waals surface area contributed by atoms with Gasteiger partial charge in [-0.15, -0.1) is 0 Å². The zero-order valence-electron chi connectivity index (χ0n) is 10.8. The molecule has 2 rings (SSSR count). The highest BCUT2D eigenvalue weighted by Gasteiger charge is 2.36. The van der Waals surface area contributed by atoms with Crippen molar-refractivity contribution in [2.75, 3.05) is 19.6 Å². The van der Waals surface area contributed by atoms with E-state index in [2.05, 4.69) is 5.32 Å². The Morgan fingerprint density at radius 2 is 2.32 bits per heavy atom. The van der Waals surface area contributed by atoms with Gasteiger partial charge in [-0.3, -0.25) is 4.79 Å². The van der Waals surface area contributed by atoms with Crippen LogP contribution in [-0.2, 0) is 11.2 Å². The number of rotatable bonds is 4. The molecule has 2 N–H and O–H groups in total. The molecule has 1 aliphatic heterocycles. The molecule has 0 aromatic carbocycles. The van der Waals surface area contributed by atoms with Crippen molar-refractivity contribution >= 4 is 12.0 Å². The summed E-state index contributed by atoms with van der Waals surface area (Å²) in [5.41, 5.74) is 0. The summed E-state index contributed by atoms with van der Waals surface area (Å²) in [5.74, 6) is -0.485. The Morgan fingerprint density at radius 3 is 2.89 bits per heavy atom. The molecule has 104 valence electrons. The maximum Gasteiger partial charge on any atom is 0.317 e. The van der Waals surface area contributed by atoms with Crippen LogP contribution in [0.15, 0.2) is 22.8 Å². The first-order valence-corrected chi connectivity index (χ1v) is 6.36. The van der Waals surface area contributed by atoms with E-state index in [1.807, 2.05) is 13.0 Å². The van der Waals surface area contributed by atoms with Gasteiger partial charge in [0.1, 0.15) is 5.76 Å². The fourth-order valence-corrected chi connectivity index (χ4v) is 2.31. The first kappa shape index (κ1) is 13.5. The van der Waals surface area contributed by atoms with Gasteiger partial charge in [0.05, 0.1) is 12.2 Å². The van der Waals surface area contributed by atoms with E-state index in [1.165, 1.54) is 0 Å². The van der Waals surface area contributed by atoms with Crippen LogP contribution in [0.1, 0.15) is 12.7 Å². The van der Waals surface area contributed by atoms with Gasteiger partial charge in [0.25, 0.3) is 0 Å². The van der Waals surface area contributed by atoms with E-state index in [0.29, 0.717) is 19.5 Å². The van der Waals surface area contributed by atoms with Crippen LogP contribution < -0.4 is 5.32 Å². The number of carbonyl (C=O) groups excluding carboxylic acids is 1. The van der Waals surface area contributed by atoms with Gasteiger partial charge in [-0.25, -0.2) is 4.79 Å². The summed E-state index contributed by atoms with van der Waals surface area (Å²) in [7, 11) is 0. The molecule has 1 fully saturated rings. The van der Waals surface area contributed by atoms with Crippen LogP contribution in [-0.4, -0.2) is 41.6 Å². The Labute approximate surface area is 111 Å². The molecule has 0 radical (unpaired) electrons. The topological polar surface area (TPSA) is 82.8 Å². The zero-order valence-corrected chi connectivity index (χ0v) is 10.8. The van der Waals surface area contributed by atoms with Crippen LogP contribution in [0, 0.1) is 11.8 Å². The highest BCUT2D eigenvalue weighted by Crippen LogP contribution is 2.22. The Balaban J connectivity index is 1.76. The molecule has 1 aliphatic rings. The predicted octanol–water partition coefficient (Wildman–Crippen LogP) is 1.18. The third-order valence-corrected chi connectivity index (χ3v) is 3.44. The fraction of sp³-hybridized carbons (Fsp3) is 0.538. The van der Waals surface area contributed by atoms with Gasteiger partial charge in [-0.1, -0.05) is 6.92 Å². The summed E-state index contributed by atoms with van der Waals surface area (Å²) >= 11 is 0. The van der Waals surface area contributed by atoms with Crippen molar-refractivity contribution in [2.45, 2.75) is 13.3 Å². The molecular formula is C13H18N2O4. The molecule has 0 bridgehead atoms. The van der Waals surface area contributed by atoms with Crippen molar-refractivity contribution < 1.29 is 19.1 Å². The molecule has 0 aliphatic carbocycles. The standard InChI is InChI=1S/C13H18N2O4/c1-9-7-15(8-11(9)12(16)17)13(18)14-5-4-10-3-2-6-19-10/h2-3,6,9,11H,4-5,7-8H2,1H3,(H,14,18)(H,16,17)/t9-,11-/m1/s1. The van der Waals surface area contributed by atoms with Gasteiger partial charge < -0.3 is 19.7 Å². The van der Waals surface area contributed by atoms with E-state index in [9.17, 15) is 9.59 Å². The van der Waals surface area contributed by atoms with Crippen LogP contribution in [0.5, 0.6) is 0 Å². The maximum absolute atomic E-state index is 11.9. The number of amides is 2. The zero-order chi connectivity index (χ0) is 13.8. The van der Waals surface area contributed by atoms with Gasteiger partial charge in [0.2, 0.25) is 0 Å².